The molecule has 100 valence electrons. The lowest BCUT2D eigenvalue weighted by Gasteiger charge is -2.21. The largest absolute Gasteiger partial charge is 0.398 e. The van der Waals surface area contributed by atoms with E-state index in [2.05, 4.69) is 0 Å². The third kappa shape index (κ3) is 1.58. The van der Waals surface area contributed by atoms with Gasteiger partial charge in [-0.1, -0.05) is 30.3 Å². The van der Waals surface area contributed by atoms with E-state index in [0.717, 1.165) is 0 Å². The molecule has 1 atom stereocenters. The fraction of sp³-hybridized carbons (Fsp3) is 0.125. The molecule has 0 aromatic heterocycles. The van der Waals surface area contributed by atoms with E-state index >= 15 is 0 Å². The van der Waals surface area contributed by atoms with Crippen LogP contribution in [0.5, 0.6) is 0 Å². The normalized spacial score (nSPS) is 14.7. The number of nitrogens with two attached hydrogens (primary N) is 1. The number of hydrogen-bond donors (Lipinski definition) is 2. The minimum absolute atomic E-state index is 0.186. The summed E-state index contributed by atoms with van der Waals surface area (Å²) < 4.78 is 0. The van der Waals surface area contributed by atoms with Gasteiger partial charge in [-0.2, -0.15) is 0 Å². The Bertz CT molecular complexity index is 747. The standard InChI is InChI=1S/C16H13NO3/c1-8(18)9-6-7-12-13(14(9)17)16(20)11-5-3-2-4-10(11)15(12)19/h2-8,18H,17H2,1H3. The molecule has 2 aromatic carbocycles. The second-order valence-corrected chi connectivity index (χ2v) is 4.87. The summed E-state index contributed by atoms with van der Waals surface area (Å²) in [6.07, 6.45) is -0.791. The molecule has 2 aromatic rings. The van der Waals surface area contributed by atoms with E-state index in [1.807, 2.05) is 0 Å². The Morgan fingerprint density at radius 2 is 1.55 bits per heavy atom. The van der Waals surface area contributed by atoms with Gasteiger partial charge < -0.3 is 10.8 Å². The molecule has 0 aliphatic heterocycles. The molecule has 3 rings (SSSR count). The number of benzene rings is 2. The van der Waals surface area contributed by atoms with Crippen molar-refractivity contribution in [2.24, 2.45) is 0 Å². The van der Waals surface area contributed by atoms with E-state index < -0.39 is 6.10 Å². The molecule has 0 amide bonds. The molecule has 1 aliphatic carbocycles. The lowest BCUT2D eigenvalue weighted by molar-refractivity contribution is 0.0979. The highest BCUT2D eigenvalue weighted by Crippen LogP contribution is 2.34. The summed E-state index contributed by atoms with van der Waals surface area (Å²) in [7, 11) is 0. The molecule has 0 saturated carbocycles. The number of rotatable bonds is 1. The summed E-state index contributed by atoms with van der Waals surface area (Å²) in [6, 6.07) is 9.85. The Balaban J connectivity index is 2.31. The van der Waals surface area contributed by atoms with E-state index in [-0.39, 0.29) is 22.8 Å². The number of carbonyl (C=O) groups excluding carboxylic acids is 2. The van der Waals surface area contributed by atoms with Crippen LogP contribution in [0.15, 0.2) is 36.4 Å². The number of anilines is 1. The van der Waals surface area contributed by atoms with Crippen LogP contribution in [0, 0.1) is 0 Å². The lowest BCUT2D eigenvalue weighted by Crippen LogP contribution is -2.23. The van der Waals surface area contributed by atoms with E-state index in [1.54, 1.807) is 43.3 Å². The van der Waals surface area contributed by atoms with Crippen molar-refractivity contribution < 1.29 is 14.7 Å². The fourth-order valence-corrected chi connectivity index (χ4v) is 2.59. The second-order valence-electron chi connectivity index (χ2n) is 4.87. The molecule has 0 fully saturated rings. The van der Waals surface area contributed by atoms with Crippen LogP contribution in [0.4, 0.5) is 5.69 Å². The summed E-state index contributed by atoms with van der Waals surface area (Å²) in [4.78, 5) is 25.0. The number of fused-ring (bicyclic) bond motifs is 2. The average molecular weight is 267 g/mol. The van der Waals surface area contributed by atoms with Gasteiger partial charge in [-0.3, -0.25) is 9.59 Å². The van der Waals surface area contributed by atoms with Crippen molar-refractivity contribution >= 4 is 17.3 Å². The Morgan fingerprint density at radius 1 is 0.950 bits per heavy atom. The van der Waals surface area contributed by atoms with E-state index in [0.29, 0.717) is 22.3 Å². The highest BCUT2D eigenvalue weighted by Gasteiger charge is 2.32. The van der Waals surface area contributed by atoms with Crippen molar-refractivity contribution in [2.45, 2.75) is 13.0 Å². The van der Waals surface area contributed by atoms with Crippen LogP contribution in [0.2, 0.25) is 0 Å². The third-order valence-corrected chi connectivity index (χ3v) is 3.62. The van der Waals surface area contributed by atoms with Gasteiger partial charge in [0.25, 0.3) is 0 Å². The smallest absolute Gasteiger partial charge is 0.196 e. The molecule has 0 radical (unpaired) electrons. The summed E-state index contributed by atoms with van der Waals surface area (Å²) in [6.45, 7) is 1.57. The molecule has 20 heavy (non-hydrogen) atoms. The quantitative estimate of drug-likeness (QED) is 0.662. The van der Waals surface area contributed by atoms with Crippen LogP contribution in [-0.2, 0) is 0 Å². The minimum atomic E-state index is -0.791. The predicted octanol–water partition coefficient (Wildman–Crippen LogP) is 2.10. The van der Waals surface area contributed by atoms with E-state index in [1.165, 1.54) is 0 Å². The Hall–Kier alpha value is -2.46. The summed E-state index contributed by atoms with van der Waals surface area (Å²) in [5.41, 5.74) is 7.89. The SMILES string of the molecule is CC(O)c1ccc2c(c1N)C(=O)c1ccccc1C2=O. The Kier molecular flexibility index (Phi) is 2.69. The molecule has 1 aliphatic rings. The van der Waals surface area contributed by atoms with Gasteiger partial charge >= 0.3 is 0 Å². The van der Waals surface area contributed by atoms with Crippen molar-refractivity contribution in [3.8, 4) is 0 Å². The summed E-state index contributed by atoms with van der Waals surface area (Å²) in [5.74, 6) is -0.478. The number of hydrogen-bond acceptors (Lipinski definition) is 4. The van der Waals surface area contributed by atoms with Gasteiger partial charge in [0.15, 0.2) is 11.6 Å². The first kappa shape index (κ1) is 12.6. The van der Waals surface area contributed by atoms with Gasteiger partial charge in [0.2, 0.25) is 0 Å². The van der Waals surface area contributed by atoms with Gasteiger partial charge in [-0.25, -0.2) is 0 Å². The molecule has 0 heterocycles. The van der Waals surface area contributed by atoms with E-state index in [9.17, 15) is 14.7 Å². The van der Waals surface area contributed by atoms with Crippen molar-refractivity contribution in [3.63, 3.8) is 0 Å². The van der Waals surface area contributed by atoms with Gasteiger partial charge in [0.1, 0.15) is 0 Å². The number of carbonyl (C=O) groups is 2. The molecular formula is C16H13NO3. The van der Waals surface area contributed by atoms with Gasteiger partial charge in [0.05, 0.1) is 11.7 Å². The summed E-state index contributed by atoms with van der Waals surface area (Å²) >= 11 is 0. The fourth-order valence-electron chi connectivity index (χ4n) is 2.59. The molecular weight excluding hydrogens is 254 g/mol. The first-order valence-electron chi connectivity index (χ1n) is 6.31. The summed E-state index contributed by atoms with van der Waals surface area (Å²) in [5, 5.41) is 9.68. The van der Waals surface area contributed by atoms with Gasteiger partial charge in [-0.15, -0.1) is 0 Å². The maximum Gasteiger partial charge on any atom is 0.196 e. The molecule has 0 spiro atoms. The zero-order chi connectivity index (χ0) is 14.4. The number of ketones is 2. The predicted molar refractivity (Wildman–Crippen MR) is 74.8 cm³/mol. The van der Waals surface area contributed by atoms with Gasteiger partial charge in [-0.05, 0) is 13.0 Å². The third-order valence-electron chi connectivity index (χ3n) is 3.62. The Morgan fingerprint density at radius 3 is 2.15 bits per heavy atom. The van der Waals surface area contributed by atoms with Crippen LogP contribution in [0.1, 0.15) is 50.4 Å². The molecule has 1 unspecified atom stereocenters. The monoisotopic (exact) mass is 267 g/mol. The topological polar surface area (TPSA) is 80.4 Å². The minimum Gasteiger partial charge on any atom is -0.398 e. The van der Waals surface area contributed by atoms with E-state index in [4.69, 9.17) is 5.73 Å². The number of aliphatic hydroxyl groups is 1. The molecule has 4 nitrogen and oxygen atoms in total. The van der Waals surface area contributed by atoms with Crippen molar-refractivity contribution in [1.82, 2.24) is 0 Å². The molecule has 0 bridgehead atoms. The maximum atomic E-state index is 12.5. The molecule has 4 heteroatoms. The van der Waals surface area contributed by atoms with Gasteiger partial charge in [0, 0.05) is 27.9 Å². The van der Waals surface area contributed by atoms with Crippen LogP contribution >= 0.6 is 0 Å². The highest BCUT2D eigenvalue weighted by molar-refractivity contribution is 6.30. The molecule has 3 N–H and O–H groups in total. The van der Waals surface area contributed by atoms with Crippen LogP contribution in [0.25, 0.3) is 0 Å². The van der Waals surface area contributed by atoms with Crippen molar-refractivity contribution in [2.75, 3.05) is 5.73 Å². The molecule has 0 saturated heterocycles. The first-order valence-corrected chi connectivity index (χ1v) is 6.31. The number of nitrogen functional groups attached to an aromatic ring is 1. The van der Waals surface area contributed by atoms with Crippen LogP contribution < -0.4 is 5.73 Å². The second kappa shape index (κ2) is 4.28. The zero-order valence-corrected chi connectivity index (χ0v) is 10.9. The maximum absolute atomic E-state index is 12.5. The van der Waals surface area contributed by atoms with Crippen molar-refractivity contribution in [1.29, 1.82) is 0 Å². The van der Waals surface area contributed by atoms with Crippen LogP contribution in [-0.4, -0.2) is 16.7 Å². The van der Waals surface area contributed by atoms with Crippen molar-refractivity contribution in [3.05, 3.63) is 64.2 Å². The lowest BCUT2D eigenvalue weighted by atomic mass is 9.82. The first-order chi connectivity index (χ1) is 9.52. The van der Waals surface area contributed by atoms with Crippen LogP contribution in [0.3, 0.4) is 0 Å². The zero-order valence-electron chi connectivity index (χ0n) is 10.9. The number of aliphatic hydroxyl groups excluding tert-OH is 1. The highest BCUT2D eigenvalue weighted by atomic mass is 16.3. The Labute approximate surface area is 115 Å². The average Bonchev–Trinajstić information content (AvgIpc) is 2.44.